The smallest absolute Gasteiger partial charge is 0.303 e. The maximum absolute atomic E-state index is 13.0. The van der Waals surface area contributed by atoms with E-state index in [1.165, 1.54) is 96.3 Å². The van der Waals surface area contributed by atoms with E-state index < -0.39 is 12.1 Å². The van der Waals surface area contributed by atoms with Crippen molar-refractivity contribution in [1.29, 1.82) is 0 Å². The second-order valence-electron chi connectivity index (χ2n) is 18.5. The second-order valence-corrected chi connectivity index (χ2v) is 18.5. The quantitative estimate of drug-likeness (QED) is 0.0794. The standard InChI is InChI=1S/C44H79NO5/c1-5-6-7-8-9-10-11-12-13-14-15-16-17-18-19-20-21-22-40(48)45-34-27-28-43(3)33(29-34)30-38(46)42-36-25-24-35(32(2)23-26-41(49)50)44(36,4)39(47)31-37(42)43/h32-39,42,46-47H,5-31H2,1-4H3,(H,45,48)(H,49,50)/t32?,33-,34-,35+,36-,37-,38+,39-,42-,43-,44+/m0/s1. The molecule has 4 N–H and O–H groups in total. The third-order valence-electron chi connectivity index (χ3n) is 15.2. The van der Waals surface area contributed by atoms with E-state index in [-0.39, 0.29) is 53.1 Å². The first-order valence-electron chi connectivity index (χ1n) is 21.9. The Balaban J connectivity index is 1.10. The Morgan fingerprint density at radius 3 is 1.84 bits per heavy atom. The molecule has 290 valence electrons. The predicted molar refractivity (Wildman–Crippen MR) is 205 cm³/mol. The number of carbonyl (C=O) groups excluding carboxylic acids is 1. The number of rotatable bonds is 23. The van der Waals surface area contributed by atoms with Gasteiger partial charge in [-0.1, -0.05) is 130 Å². The van der Waals surface area contributed by atoms with Crippen LogP contribution in [0.3, 0.4) is 0 Å². The van der Waals surface area contributed by atoms with Crippen LogP contribution in [0.4, 0.5) is 0 Å². The topological polar surface area (TPSA) is 107 Å². The molecule has 1 amide bonds. The number of aliphatic carboxylic acids is 1. The van der Waals surface area contributed by atoms with E-state index in [9.17, 15) is 24.9 Å². The molecule has 11 atom stereocenters. The van der Waals surface area contributed by atoms with Gasteiger partial charge in [0.2, 0.25) is 5.91 Å². The van der Waals surface area contributed by atoms with Crippen LogP contribution in [-0.4, -0.2) is 45.4 Å². The lowest BCUT2D eigenvalue weighted by Crippen LogP contribution is -2.63. The molecule has 0 spiro atoms. The van der Waals surface area contributed by atoms with Crippen LogP contribution in [0.5, 0.6) is 0 Å². The van der Waals surface area contributed by atoms with E-state index in [0.717, 1.165) is 57.8 Å². The summed E-state index contributed by atoms with van der Waals surface area (Å²) in [6.45, 7) is 9.13. The summed E-state index contributed by atoms with van der Waals surface area (Å²) in [7, 11) is 0. The number of amides is 1. The lowest BCUT2D eigenvalue weighted by molar-refractivity contribution is -0.202. The minimum absolute atomic E-state index is 0.0774. The van der Waals surface area contributed by atoms with Crippen LogP contribution in [0, 0.1) is 46.3 Å². The molecule has 4 rings (SSSR count). The van der Waals surface area contributed by atoms with Gasteiger partial charge in [-0.2, -0.15) is 0 Å². The molecule has 6 nitrogen and oxygen atoms in total. The molecular formula is C44H79NO5. The molecule has 0 aliphatic heterocycles. The number of hydrogen-bond acceptors (Lipinski definition) is 4. The van der Waals surface area contributed by atoms with Crippen molar-refractivity contribution in [1.82, 2.24) is 5.32 Å². The highest BCUT2D eigenvalue weighted by Gasteiger charge is 2.65. The van der Waals surface area contributed by atoms with Crippen molar-refractivity contribution in [3.05, 3.63) is 0 Å². The van der Waals surface area contributed by atoms with Crippen LogP contribution < -0.4 is 5.32 Å². The number of nitrogens with one attached hydrogen (secondary N) is 1. The summed E-state index contributed by atoms with van der Waals surface area (Å²) in [6, 6.07) is 0.194. The third-order valence-corrected chi connectivity index (χ3v) is 15.2. The maximum Gasteiger partial charge on any atom is 0.303 e. The monoisotopic (exact) mass is 702 g/mol. The Labute approximate surface area is 307 Å². The first-order valence-corrected chi connectivity index (χ1v) is 21.9. The summed E-state index contributed by atoms with van der Waals surface area (Å²) < 4.78 is 0. The Morgan fingerprint density at radius 1 is 0.720 bits per heavy atom. The SMILES string of the molecule is CCCCCCCCCCCCCCCCCCCC(=O)N[C@H]1CC[C@@]2(C)[C@@H](C1)C[C@@H](O)[C@@H]1[C@@H]2C[C@H](O)[C@]2(C)[C@@H](C(C)CCC(=O)O)CC[C@@H]12. The number of carboxylic acid groups (broad SMARTS) is 1. The first-order chi connectivity index (χ1) is 24.0. The Bertz CT molecular complexity index is 1020. The molecule has 6 heteroatoms. The van der Waals surface area contributed by atoms with Gasteiger partial charge < -0.3 is 20.6 Å². The van der Waals surface area contributed by atoms with Crippen molar-refractivity contribution in [2.24, 2.45) is 46.3 Å². The Kier molecular flexibility index (Phi) is 16.9. The highest BCUT2D eigenvalue weighted by molar-refractivity contribution is 5.76. The molecule has 0 saturated heterocycles. The fourth-order valence-electron chi connectivity index (χ4n) is 12.1. The normalized spacial score (nSPS) is 35.6. The van der Waals surface area contributed by atoms with E-state index in [1.54, 1.807) is 0 Å². The van der Waals surface area contributed by atoms with Gasteiger partial charge in [-0.3, -0.25) is 9.59 Å². The Morgan fingerprint density at radius 2 is 1.28 bits per heavy atom. The van der Waals surface area contributed by atoms with Gasteiger partial charge in [0, 0.05) is 18.9 Å². The third kappa shape index (κ3) is 10.7. The minimum Gasteiger partial charge on any atom is -0.481 e. The molecule has 0 bridgehead atoms. The molecule has 0 radical (unpaired) electrons. The molecule has 4 saturated carbocycles. The van der Waals surface area contributed by atoms with E-state index >= 15 is 0 Å². The van der Waals surface area contributed by atoms with Crippen molar-refractivity contribution in [3.8, 4) is 0 Å². The van der Waals surface area contributed by atoms with Gasteiger partial charge >= 0.3 is 5.97 Å². The molecule has 4 aliphatic carbocycles. The average Bonchev–Trinajstić information content (AvgIpc) is 3.44. The zero-order chi connectivity index (χ0) is 36.1. The molecule has 1 unspecified atom stereocenters. The predicted octanol–water partition coefficient (Wildman–Crippen LogP) is 10.6. The van der Waals surface area contributed by atoms with Crippen LogP contribution >= 0.6 is 0 Å². The Hall–Kier alpha value is -1.14. The van der Waals surface area contributed by atoms with Crippen molar-refractivity contribution < 1.29 is 24.9 Å². The fraction of sp³-hybridized carbons (Fsp3) is 0.955. The zero-order valence-electron chi connectivity index (χ0n) is 32.9. The van der Waals surface area contributed by atoms with Crippen LogP contribution in [0.2, 0.25) is 0 Å². The lowest BCUT2D eigenvalue weighted by Gasteiger charge is -2.63. The highest BCUT2D eigenvalue weighted by atomic mass is 16.4. The fourth-order valence-corrected chi connectivity index (χ4v) is 12.1. The second kappa shape index (κ2) is 20.4. The summed E-state index contributed by atoms with van der Waals surface area (Å²) in [5, 5.41) is 36.2. The molecule has 4 aliphatic rings. The largest absolute Gasteiger partial charge is 0.481 e. The number of aliphatic hydroxyl groups is 2. The highest BCUT2D eigenvalue weighted by Crippen LogP contribution is 2.68. The zero-order valence-corrected chi connectivity index (χ0v) is 32.9. The van der Waals surface area contributed by atoms with Gasteiger partial charge in [-0.05, 0) is 104 Å². The molecule has 0 aromatic heterocycles. The number of carboxylic acids is 1. The minimum atomic E-state index is -0.746. The van der Waals surface area contributed by atoms with E-state index in [2.05, 4.69) is 33.0 Å². The van der Waals surface area contributed by atoms with Gasteiger partial charge in [0.1, 0.15) is 0 Å². The van der Waals surface area contributed by atoms with E-state index in [4.69, 9.17) is 0 Å². The number of carbonyl (C=O) groups is 2. The van der Waals surface area contributed by atoms with E-state index in [1.807, 2.05) is 0 Å². The van der Waals surface area contributed by atoms with Gasteiger partial charge in [0.05, 0.1) is 12.2 Å². The van der Waals surface area contributed by atoms with Crippen molar-refractivity contribution in [3.63, 3.8) is 0 Å². The number of unbranched alkanes of at least 4 members (excludes halogenated alkanes) is 16. The summed E-state index contributed by atoms with van der Waals surface area (Å²) in [5.74, 6) is 1.14. The number of hydrogen-bond donors (Lipinski definition) is 4. The molecule has 0 heterocycles. The summed E-state index contributed by atoms with van der Waals surface area (Å²) in [4.78, 5) is 24.2. The average molecular weight is 702 g/mol. The molecule has 0 aromatic carbocycles. The van der Waals surface area contributed by atoms with Gasteiger partial charge in [-0.15, -0.1) is 0 Å². The summed E-state index contributed by atoms with van der Waals surface area (Å²) in [5.41, 5.74) is -0.186. The molecule has 50 heavy (non-hydrogen) atoms. The van der Waals surface area contributed by atoms with Crippen molar-refractivity contribution in [2.45, 2.75) is 219 Å². The molecular weight excluding hydrogens is 622 g/mol. The van der Waals surface area contributed by atoms with Crippen LogP contribution in [0.25, 0.3) is 0 Å². The van der Waals surface area contributed by atoms with Crippen LogP contribution in [0.1, 0.15) is 201 Å². The molecule has 0 aromatic rings. The van der Waals surface area contributed by atoms with Gasteiger partial charge in [0.15, 0.2) is 0 Å². The van der Waals surface area contributed by atoms with E-state index in [0.29, 0.717) is 30.6 Å². The lowest BCUT2D eigenvalue weighted by atomic mass is 9.43. The first kappa shape index (κ1) is 41.6. The number of fused-ring (bicyclic) bond motifs is 5. The number of aliphatic hydroxyl groups excluding tert-OH is 2. The van der Waals surface area contributed by atoms with Crippen molar-refractivity contribution in [2.75, 3.05) is 0 Å². The van der Waals surface area contributed by atoms with Crippen LogP contribution in [0.15, 0.2) is 0 Å². The van der Waals surface area contributed by atoms with Crippen LogP contribution in [-0.2, 0) is 9.59 Å². The van der Waals surface area contributed by atoms with Gasteiger partial charge in [-0.25, -0.2) is 0 Å². The van der Waals surface area contributed by atoms with Crippen molar-refractivity contribution >= 4 is 11.9 Å². The maximum atomic E-state index is 13.0. The molecule has 4 fully saturated rings. The summed E-state index contributed by atoms with van der Waals surface area (Å²) in [6.07, 6.45) is 30.1. The summed E-state index contributed by atoms with van der Waals surface area (Å²) >= 11 is 0. The van der Waals surface area contributed by atoms with Gasteiger partial charge in [0.25, 0.3) is 0 Å².